The van der Waals surface area contributed by atoms with Gasteiger partial charge >= 0.3 is 6.18 Å². The lowest BCUT2D eigenvalue weighted by molar-refractivity contribution is -0.138. The number of halogens is 4. The first-order valence-corrected chi connectivity index (χ1v) is 5.22. The molecule has 0 amide bonds. The van der Waals surface area contributed by atoms with Crippen LogP contribution in [0.15, 0.2) is 12.1 Å². The van der Waals surface area contributed by atoms with Crippen molar-refractivity contribution in [2.45, 2.75) is 13.1 Å². The van der Waals surface area contributed by atoms with Crippen molar-refractivity contribution in [1.82, 2.24) is 0 Å². The van der Waals surface area contributed by atoms with Gasteiger partial charge in [0, 0.05) is 14.7 Å². The largest absolute Gasteiger partial charge is 0.418 e. The van der Waals surface area contributed by atoms with E-state index in [-0.39, 0.29) is 9.13 Å². The molecule has 0 unspecified atom stereocenters. The van der Waals surface area contributed by atoms with Gasteiger partial charge in [-0.3, -0.25) is 9.59 Å². The molecule has 1 aromatic carbocycles. The first-order valence-electron chi connectivity index (χ1n) is 4.14. The van der Waals surface area contributed by atoms with Gasteiger partial charge in [-0.2, -0.15) is 13.2 Å². The number of hydrogen-bond acceptors (Lipinski definition) is 2. The van der Waals surface area contributed by atoms with E-state index >= 15 is 0 Å². The maximum atomic E-state index is 12.7. The Labute approximate surface area is 103 Å². The van der Waals surface area contributed by atoms with E-state index in [4.69, 9.17) is 0 Å². The fourth-order valence-electron chi connectivity index (χ4n) is 1.26. The molecule has 0 bridgehead atoms. The zero-order valence-corrected chi connectivity index (χ0v) is 10.2. The summed E-state index contributed by atoms with van der Waals surface area (Å²) in [6.07, 6.45) is -4.19. The highest BCUT2D eigenvalue weighted by atomic mass is 127. The van der Waals surface area contributed by atoms with E-state index in [1.807, 2.05) is 0 Å². The molecule has 0 radical (unpaired) electrons. The number of hydrogen-bond donors (Lipinski definition) is 0. The highest BCUT2D eigenvalue weighted by molar-refractivity contribution is 14.1. The van der Waals surface area contributed by atoms with Gasteiger partial charge in [0.1, 0.15) is 6.29 Å². The Hall–Kier alpha value is -0.920. The predicted octanol–water partition coefficient (Wildman–Crippen LogP) is 3.33. The Bertz CT molecular complexity index is 452. The van der Waals surface area contributed by atoms with E-state index < -0.39 is 23.1 Å². The van der Waals surface area contributed by atoms with Gasteiger partial charge in [-0.05, 0) is 41.6 Å². The molecule has 0 saturated carbocycles. The molecule has 2 nitrogen and oxygen atoms in total. The molecule has 0 atom stereocenters. The Kier molecular flexibility index (Phi) is 3.72. The second kappa shape index (κ2) is 4.52. The number of benzene rings is 1. The smallest absolute Gasteiger partial charge is 0.298 e. The summed E-state index contributed by atoms with van der Waals surface area (Å²) < 4.78 is 37.8. The second-order valence-electron chi connectivity index (χ2n) is 3.10. The van der Waals surface area contributed by atoms with Crippen molar-refractivity contribution < 1.29 is 22.8 Å². The predicted molar refractivity (Wildman–Crippen MR) is 59.6 cm³/mol. The van der Waals surface area contributed by atoms with Crippen LogP contribution in [-0.2, 0) is 6.18 Å². The third-order valence-corrected chi connectivity index (χ3v) is 2.76. The Balaban J connectivity index is 3.59. The summed E-state index contributed by atoms with van der Waals surface area (Å²) in [6, 6.07) is 2.06. The maximum absolute atomic E-state index is 12.7. The van der Waals surface area contributed by atoms with Crippen LogP contribution < -0.4 is 0 Å². The molecule has 16 heavy (non-hydrogen) atoms. The van der Waals surface area contributed by atoms with Crippen LogP contribution in [0.1, 0.15) is 33.2 Å². The molecule has 0 aliphatic carbocycles. The number of carbonyl (C=O) groups is 2. The SMILES string of the molecule is CC(=O)c1cc(C=O)cc(I)c1C(F)(F)F. The third-order valence-electron chi connectivity index (χ3n) is 1.91. The minimum atomic E-state index is -4.60. The molecule has 1 aromatic rings. The topological polar surface area (TPSA) is 34.1 Å². The van der Waals surface area contributed by atoms with Crippen molar-refractivity contribution in [1.29, 1.82) is 0 Å². The molecule has 0 aliphatic heterocycles. The van der Waals surface area contributed by atoms with E-state index in [0.29, 0.717) is 6.29 Å². The molecule has 0 fully saturated rings. The van der Waals surface area contributed by atoms with E-state index in [1.165, 1.54) is 22.6 Å². The summed E-state index contributed by atoms with van der Waals surface area (Å²) in [6.45, 7) is 1.04. The van der Waals surface area contributed by atoms with Crippen molar-refractivity contribution in [3.63, 3.8) is 0 Å². The lowest BCUT2D eigenvalue weighted by Crippen LogP contribution is -2.14. The molecular weight excluding hydrogens is 336 g/mol. The Morgan fingerprint density at radius 3 is 2.31 bits per heavy atom. The van der Waals surface area contributed by atoms with Crippen LogP contribution in [-0.4, -0.2) is 12.1 Å². The Morgan fingerprint density at radius 1 is 1.38 bits per heavy atom. The minimum absolute atomic E-state index is 0.0580. The van der Waals surface area contributed by atoms with Gasteiger partial charge in [-0.15, -0.1) is 0 Å². The molecule has 0 N–H and O–H groups in total. The van der Waals surface area contributed by atoms with Crippen LogP contribution >= 0.6 is 22.6 Å². The van der Waals surface area contributed by atoms with Crippen molar-refractivity contribution in [3.05, 3.63) is 32.4 Å². The second-order valence-corrected chi connectivity index (χ2v) is 4.26. The quantitative estimate of drug-likeness (QED) is 0.469. The molecule has 0 aromatic heterocycles. The van der Waals surface area contributed by atoms with Crippen molar-refractivity contribution in [3.8, 4) is 0 Å². The van der Waals surface area contributed by atoms with E-state index in [0.717, 1.165) is 19.1 Å². The zero-order valence-electron chi connectivity index (χ0n) is 8.06. The molecule has 0 aliphatic rings. The van der Waals surface area contributed by atoms with Gasteiger partial charge in [0.25, 0.3) is 0 Å². The number of ketones is 1. The summed E-state index contributed by atoms with van der Waals surface area (Å²) in [4.78, 5) is 21.6. The van der Waals surface area contributed by atoms with E-state index in [9.17, 15) is 22.8 Å². The van der Waals surface area contributed by atoms with Crippen LogP contribution in [0.5, 0.6) is 0 Å². The molecular formula is C10H6F3IO2. The van der Waals surface area contributed by atoms with Gasteiger partial charge in [0.05, 0.1) is 5.56 Å². The first-order chi connectivity index (χ1) is 7.27. The summed E-state index contributed by atoms with van der Waals surface area (Å²) >= 11 is 1.46. The highest BCUT2D eigenvalue weighted by Gasteiger charge is 2.37. The van der Waals surface area contributed by atoms with Crippen molar-refractivity contribution >= 4 is 34.7 Å². The van der Waals surface area contributed by atoms with E-state index in [1.54, 1.807) is 0 Å². The van der Waals surface area contributed by atoms with E-state index in [2.05, 4.69) is 0 Å². The summed E-state index contributed by atoms with van der Waals surface area (Å²) in [5.74, 6) is -0.714. The monoisotopic (exact) mass is 342 g/mol. The average molecular weight is 342 g/mol. The molecule has 0 heterocycles. The lowest BCUT2D eigenvalue weighted by atomic mass is 10.0. The number of aldehydes is 1. The minimum Gasteiger partial charge on any atom is -0.298 e. The normalized spacial score (nSPS) is 11.3. The van der Waals surface area contributed by atoms with Gasteiger partial charge in [-0.25, -0.2) is 0 Å². The number of Topliss-reactive ketones (excluding diaryl/α,β-unsaturated/α-hetero) is 1. The lowest BCUT2D eigenvalue weighted by Gasteiger charge is -2.13. The molecule has 0 spiro atoms. The van der Waals surface area contributed by atoms with Crippen LogP contribution in [0, 0.1) is 3.57 Å². The van der Waals surface area contributed by atoms with Gasteiger partial charge in [0.15, 0.2) is 5.78 Å². The number of alkyl halides is 3. The van der Waals surface area contributed by atoms with Crippen LogP contribution in [0.4, 0.5) is 13.2 Å². The Morgan fingerprint density at radius 2 is 1.94 bits per heavy atom. The average Bonchev–Trinajstić information content (AvgIpc) is 2.14. The maximum Gasteiger partial charge on any atom is 0.418 e. The first kappa shape index (κ1) is 13.1. The van der Waals surface area contributed by atoms with Gasteiger partial charge < -0.3 is 0 Å². The summed E-state index contributed by atoms with van der Waals surface area (Å²) in [7, 11) is 0. The van der Waals surface area contributed by atoms with Crippen LogP contribution in [0.25, 0.3) is 0 Å². The third kappa shape index (κ3) is 2.60. The molecule has 86 valence electrons. The zero-order chi connectivity index (χ0) is 12.5. The summed E-state index contributed by atoms with van der Waals surface area (Å²) in [5, 5.41) is 0. The van der Waals surface area contributed by atoms with Crippen LogP contribution in [0.2, 0.25) is 0 Å². The summed E-state index contributed by atoms with van der Waals surface area (Å²) in [5.41, 5.74) is -1.39. The molecule has 1 rings (SSSR count). The fourth-order valence-corrected chi connectivity index (χ4v) is 2.22. The van der Waals surface area contributed by atoms with Crippen molar-refractivity contribution in [2.24, 2.45) is 0 Å². The van der Waals surface area contributed by atoms with Gasteiger partial charge in [0.2, 0.25) is 0 Å². The molecule has 0 saturated heterocycles. The van der Waals surface area contributed by atoms with Gasteiger partial charge in [-0.1, -0.05) is 0 Å². The van der Waals surface area contributed by atoms with Crippen molar-refractivity contribution in [2.75, 3.05) is 0 Å². The fraction of sp³-hybridized carbons (Fsp3) is 0.200. The number of rotatable bonds is 2. The molecule has 6 heteroatoms. The van der Waals surface area contributed by atoms with Crippen LogP contribution in [0.3, 0.4) is 0 Å². The number of carbonyl (C=O) groups excluding carboxylic acids is 2. The standard InChI is InChI=1S/C10H6F3IO2/c1-5(16)7-2-6(4-15)3-8(14)9(7)10(11,12)13/h2-4H,1H3. The highest BCUT2D eigenvalue weighted by Crippen LogP contribution is 2.36.